The van der Waals surface area contributed by atoms with Crippen molar-refractivity contribution in [3.63, 3.8) is 0 Å². The van der Waals surface area contributed by atoms with Crippen LogP contribution in [0.1, 0.15) is 38.8 Å². The predicted molar refractivity (Wildman–Crippen MR) is 126 cm³/mol. The molecule has 0 aliphatic rings. The molecule has 7 heteroatoms. The van der Waals surface area contributed by atoms with Crippen LogP contribution in [0.25, 0.3) is 0 Å². The summed E-state index contributed by atoms with van der Waals surface area (Å²) in [5.41, 5.74) is 1.26. The van der Waals surface area contributed by atoms with E-state index in [2.05, 4.69) is 29.0 Å². The molecular weight excluding hydrogens is 433 g/mol. The van der Waals surface area contributed by atoms with Crippen LogP contribution in [-0.2, 0) is 11.2 Å². The smallest absolute Gasteiger partial charge is 0.411 e. The average molecular weight is 460 g/mol. The fourth-order valence-corrected chi connectivity index (χ4v) is 2.89. The van der Waals surface area contributed by atoms with Crippen LogP contribution in [0, 0.1) is 11.8 Å². The third-order valence-corrected chi connectivity index (χ3v) is 4.51. The van der Waals surface area contributed by atoms with E-state index in [4.69, 9.17) is 27.9 Å². The number of alkyl halides is 1. The summed E-state index contributed by atoms with van der Waals surface area (Å²) in [6.07, 6.45) is 0.333. The number of aryl methyl sites for hydroxylation is 1. The molecule has 0 aliphatic carbocycles. The zero-order chi connectivity index (χ0) is 22.9. The number of halogens is 2. The van der Waals surface area contributed by atoms with E-state index in [1.54, 1.807) is 12.1 Å². The van der Waals surface area contributed by atoms with E-state index in [0.29, 0.717) is 5.02 Å². The minimum atomic E-state index is -0.741. The van der Waals surface area contributed by atoms with Crippen LogP contribution >= 0.6 is 23.2 Å². The molecule has 0 N–H and O–H groups in total. The molecule has 5 nitrogen and oxygen atoms in total. The number of azo groups is 1. The minimum Gasteiger partial charge on any atom is -0.444 e. The number of hydrogen-bond donors (Lipinski definition) is 0. The first-order valence-electron chi connectivity index (χ1n) is 10.0. The van der Waals surface area contributed by atoms with E-state index in [1.807, 2.05) is 57.2 Å². The quantitative estimate of drug-likeness (QED) is 0.205. The molecule has 164 valence electrons. The highest BCUT2D eigenvalue weighted by Crippen LogP contribution is 2.21. The number of ether oxygens (including phenoxy) is 1. The number of rotatable bonds is 6. The van der Waals surface area contributed by atoms with Gasteiger partial charge in [-0.2, -0.15) is 10.2 Å². The summed E-state index contributed by atoms with van der Waals surface area (Å²) in [5.74, 6) is 6.00. The maximum Gasteiger partial charge on any atom is 0.411 e. The van der Waals surface area contributed by atoms with E-state index in [0.717, 1.165) is 23.2 Å². The number of hydrogen-bond acceptors (Lipinski definition) is 4. The molecule has 0 aliphatic heterocycles. The van der Waals surface area contributed by atoms with Gasteiger partial charge in [0.2, 0.25) is 0 Å². The zero-order valence-corrected chi connectivity index (χ0v) is 19.7. The van der Waals surface area contributed by atoms with Gasteiger partial charge in [-0.15, -0.1) is 0 Å². The van der Waals surface area contributed by atoms with E-state index >= 15 is 0 Å². The van der Waals surface area contributed by atoms with Crippen LogP contribution in [0.3, 0.4) is 0 Å². The highest BCUT2D eigenvalue weighted by atomic mass is 35.5. The van der Waals surface area contributed by atoms with Gasteiger partial charge in [-0.25, -0.2) is 4.79 Å². The Hall–Kier alpha value is -2.55. The average Bonchev–Trinajstić information content (AvgIpc) is 2.71. The Bertz CT molecular complexity index is 957. The van der Waals surface area contributed by atoms with Crippen molar-refractivity contribution >= 4 is 35.0 Å². The molecule has 1 amide bonds. The maximum atomic E-state index is 12.6. The first kappa shape index (κ1) is 24.7. The van der Waals surface area contributed by atoms with Gasteiger partial charge in [0.15, 0.2) is 5.50 Å². The van der Waals surface area contributed by atoms with Gasteiger partial charge in [0.25, 0.3) is 0 Å². The highest BCUT2D eigenvalue weighted by molar-refractivity contribution is 6.30. The standard InChI is InChI=1S/C24H27Cl2N3O2/c1-5-19-10-6-7-11-21(19)27-28-22(26)17-29(23(30)31-24(2,3)4)16-8-9-18-12-14-20(25)15-13-18/h6-7,10-15,22H,5,16-17H2,1-4H3. The van der Waals surface area contributed by atoms with Crippen LogP contribution < -0.4 is 0 Å². The fraction of sp³-hybridized carbons (Fsp3) is 0.375. The second-order valence-corrected chi connectivity index (χ2v) is 8.74. The predicted octanol–water partition coefficient (Wildman–Crippen LogP) is 6.84. The molecular formula is C24H27Cl2N3O2. The molecule has 2 aromatic rings. The molecule has 0 radical (unpaired) electrons. The molecule has 2 aromatic carbocycles. The molecule has 0 saturated heterocycles. The summed E-state index contributed by atoms with van der Waals surface area (Å²) >= 11 is 12.3. The van der Waals surface area contributed by atoms with Crippen molar-refractivity contribution in [2.45, 2.75) is 45.2 Å². The van der Waals surface area contributed by atoms with Crippen LogP contribution in [0.2, 0.25) is 5.02 Å². The molecule has 0 aromatic heterocycles. The third-order valence-electron chi connectivity index (χ3n) is 4.03. The van der Waals surface area contributed by atoms with Gasteiger partial charge in [0.05, 0.1) is 18.8 Å². The summed E-state index contributed by atoms with van der Waals surface area (Å²) in [4.78, 5) is 14.1. The van der Waals surface area contributed by atoms with E-state index < -0.39 is 17.2 Å². The summed E-state index contributed by atoms with van der Waals surface area (Å²) in [6, 6.07) is 14.9. The first-order chi connectivity index (χ1) is 14.7. The van der Waals surface area contributed by atoms with Gasteiger partial charge in [-0.05, 0) is 63.1 Å². The van der Waals surface area contributed by atoms with Crippen LogP contribution in [0.15, 0.2) is 58.8 Å². The first-order valence-corrected chi connectivity index (χ1v) is 10.8. The number of amides is 1. The maximum absolute atomic E-state index is 12.6. The number of carbonyl (C=O) groups is 1. The summed E-state index contributed by atoms with van der Waals surface area (Å²) < 4.78 is 5.49. The SMILES string of the molecule is CCc1ccccc1N=NC(Cl)CN(CC#Cc1ccc(Cl)cc1)C(=O)OC(C)(C)C. The van der Waals surface area contributed by atoms with Crippen LogP contribution in [-0.4, -0.2) is 35.2 Å². The van der Waals surface area contributed by atoms with Gasteiger partial charge in [-0.3, -0.25) is 4.90 Å². The van der Waals surface area contributed by atoms with Crippen molar-refractivity contribution in [1.29, 1.82) is 0 Å². The third kappa shape index (κ3) is 9.00. The van der Waals surface area contributed by atoms with E-state index in [-0.39, 0.29) is 13.1 Å². The highest BCUT2D eigenvalue weighted by Gasteiger charge is 2.23. The molecule has 31 heavy (non-hydrogen) atoms. The van der Waals surface area contributed by atoms with Gasteiger partial charge in [-0.1, -0.05) is 60.2 Å². The Labute approximate surface area is 194 Å². The molecule has 1 unspecified atom stereocenters. The Morgan fingerprint density at radius 2 is 1.84 bits per heavy atom. The monoisotopic (exact) mass is 459 g/mol. The minimum absolute atomic E-state index is 0.115. The summed E-state index contributed by atoms with van der Waals surface area (Å²) in [6.45, 7) is 7.73. The molecule has 0 fully saturated rings. The van der Waals surface area contributed by atoms with E-state index in [1.165, 1.54) is 4.90 Å². The summed E-state index contributed by atoms with van der Waals surface area (Å²) in [7, 11) is 0. The van der Waals surface area contributed by atoms with Crippen molar-refractivity contribution in [3.05, 3.63) is 64.7 Å². The zero-order valence-electron chi connectivity index (χ0n) is 18.2. The van der Waals surface area contributed by atoms with Crippen molar-refractivity contribution in [2.75, 3.05) is 13.1 Å². The lowest BCUT2D eigenvalue weighted by Crippen LogP contribution is -2.39. The second-order valence-electron chi connectivity index (χ2n) is 7.80. The van der Waals surface area contributed by atoms with Crippen molar-refractivity contribution in [1.82, 2.24) is 4.90 Å². The lowest BCUT2D eigenvalue weighted by atomic mass is 10.1. The molecule has 0 saturated carbocycles. The summed E-state index contributed by atoms with van der Waals surface area (Å²) in [5, 5.41) is 9.08. The number of nitrogens with zero attached hydrogens (tertiary/aromatic N) is 3. The second kappa shape index (κ2) is 11.7. The number of carbonyl (C=O) groups excluding carboxylic acids is 1. The van der Waals surface area contributed by atoms with Gasteiger partial charge < -0.3 is 4.74 Å². The Morgan fingerprint density at radius 1 is 1.16 bits per heavy atom. The van der Waals surface area contributed by atoms with Gasteiger partial charge >= 0.3 is 6.09 Å². The number of benzene rings is 2. The topological polar surface area (TPSA) is 54.3 Å². The fourth-order valence-electron chi connectivity index (χ4n) is 2.55. The Balaban J connectivity index is 2.11. The van der Waals surface area contributed by atoms with Crippen LogP contribution in [0.4, 0.5) is 10.5 Å². The largest absolute Gasteiger partial charge is 0.444 e. The van der Waals surface area contributed by atoms with Crippen LogP contribution in [0.5, 0.6) is 0 Å². The normalized spacial score (nSPS) is 12.2. The van der Waals surface area contributed by atoms with E-state index in [9.17, 15) is 4.79 Å². The molecule has 1 atom stereocenters. The lowest BCUT2D eigenvalue weighted by molar-refractivity contribution is 0.0275. The van der Waals surface area contributed by atoms with Gasteiger partial charge in [0.1, 0.15) is 5.60 Å². The van der Waals surface area contributed by atoms with Gasteiger partial charge in [0, 0.05) is 10.6 Å². The molecule has 0 heterocycles. The molecule has 0 spiro atoms. The van der Waals surface area contributed by atoms with Crippen molar-refractivity contribution < 1.29 is 9.53 Å². The Kier molecular flexibility index (Phi) is 9.36. The Morgan fingerprint density at radius 3 is 2.48 bits per heavy atom. The van der Waals surface area contributed by atoms with Crippen molar-refractivity contribution in [2.24, 2.45) is 10.2 Å². The molecule has 2 rings (SSSR count). The lowest BCUT2D eigenvalue weighted by Gasteiger charge is -2.26. The van der Waals surface area contributed by atoms with Crippen molar-refractivity contribution in [3.8, 4) is 11.8 Å². The molecule has 0 bridgehead atoms.